The Balaban J connectivity index is 1.51. The fourth-order valence-electron chi connectivity index (χ4n) is 3.49. The molecule has 0 radical (unpaired) electrons. The first-order valence-electron chi connectivity index (χ1n) is 10.9. The number of hydrogen-bond acceptors (Lipinski definition) is 6. The number of nitrogens with zero attached hydrogens (tertiary/aromatic N) is 5. The van der Waals surface area contributed by atoms with Crippen LogP contribution in [0.25, 0.3) is 0 Å². The third-order valence-electron chi connectivity index (χ3n) is 5.44. The standard InChI is InChI=1S/C21H35N7OS/c1-4-29-12-5-9-22-21(23-14-20-26-25-17(2)27(20)3)24-19-6-10-28(11-7-19)15-18-8-13-30-16-18/h8,13,16,19H,4-7,9-12,14-15H2,1-3H3,(H2,22,23,24). The molecule has 2 aromatic rings. The van der Waals surface area contributed by atoms with Crippen LogP contribution in [-0.2, 0) is 24.9 Å². The van der Waals surface area contributed by atoms with Gasteiger partial charge in [0.15, 0.2) is 11.8 Å². The van der Waals surface area contributed by atoms with E-state index in [4.69, 9.17) is 9.73 Å². The Morgan fingerprint density at radius 3 is 2.83 bits per heavy atom. The smallest absolute Gasteiger partial charge is 0.191 e. The first kappa shape index (κ1) is 22.7. The molecule has 0 saturated carbocycles. The van der Waals surface area contributed by atoms with Crippen molar-refractivity contribution in [1.29, 1.82) is 0 Å². The first-order chi connectivity index (χ1) is 14.7. The number of aliphatic imine (C=N–C) groups is 1. The number of hydrogen-bond donors (Lipinski definition) is 2. The van der Waals surface area contributed by atoms with Crippen molar-refractivity contribution in [3.63, 3.8) is 0 Å². The normalized spacial score (nSPS) is 16.2. The fraction of sp³-hybridized carbons (Fsp3) is 0.667. The number of piperidine rings is 1. The van der Waals surface area contributed by atoms with Crippen molar-refractivity contribution in [2.24, 2.45) is 12.0 Å². The minimum absolute atomic E-state index is 0.433. The number of nitrogens with one attached hydrogen (secondary N) is 2. The van der Waals surface area contributed by atoms with Gasteiger partial charge >= 0.3 is 0 Å². The van der Waals surface area contributed by atoms with E-state index in [0.29, 0.717) is 12.6 Å². The summed E-state index contributed by atoms with van der Waals surface area (Å²) in [6.45, 7) is 10.1. The average Bonchev–Trinajstić information content (AvgIpc) is 3.37. The van der Waals surface area contributed by atoms with Crippen LogP contribution in [0.2, 0.25) is 0 Å². The molecule has 8 nitrogen and oxygen atoms in total. The highest BCUT2D eigenvalue weighted by molar-refractivity contribution is 7.07. The molecule has 0 unspecified atom stereocenters. The molecule has 3 rings (SSSR count). The van der Waals surface area contributed by atoms with E-state index in [2.05, 4.69) is 42.6 Å². The topological polar surface area (TPSA) is 79.6 Å². The van der Waals surface area contributed by atoms with E-state index in [1.807, 2.05) is 25.5 Å². The molecule has 0 bridgehead atoms. The molecule has 0 amide bonds. The van der Waals surface area contributed by atoms with E-state index in [0.717, 1.165) is 76.3 Å². The molecule has 1 aliphatic heterocycles. The summed E-state index contributed by atoms with van der Waals surface area (Å²) in [5.74, 6) is 2.62. The zero-order valence-electron chi connectivity index (χ0n) is 18.4. The molecule has 1 fully saturated rings. The van der Waals surface area contributed by atoms with Gasteiger partial charge in [-0.3, -0.25) is 4.90 Å². The second-order valence-corrected chi connectivity index (χ2v) is 8.47. The molecule has 0 aliphatic carbocycles. The van der Waals surface area contributed by atoms with Crippen molar-refractivity contribution < 1.29 is 4.74 Å². The van der Waals surface area contributed by atoms with Gasteiger partial charge < -0.3 is 19.9 Å². The van der Waals surface area contributed by atoms with E-state index in [9.17, 15) is 0 Å². The van der Waals surface area contributed by atoms with E-state index < -0.39 is 0 Å². The van der Waals surface area contributed by atoms with E-state index in [-0.39, 0.29) is 0 Å². The minimum Gasteiger partial charge on any atom is -0.382 e. The Kier molecular flexibility index (Phi) is 9.10. The Morgan fingerprint density at radius 1 is 1.33 bits per heavy atom. The van der Waals surface area contributed by atoms with Crippen LogP contribution in [0.1, 0.15) is 43.4 Å². The lowest BCUT2D eigenvalue weighted by molar-refractivity contribution is 0.145. The number of likely N-dealkylation sites (tertiary alicyclic amines) is 1. The predicted molar refractivity (Wildman–Crippen MR) is 122 cm³/mol. The van der Waals surface area contributed by atoms with E-state index >= 15 is 0 Å². The van der Waals surface area contributed by atoms with Crippen LogP contribution in [0.3, 0.4) is 0 Å². The molecule has 2 N–H and O–H groups in total. The molecule has 30 heavy (non-hydrogen) atoms. The van der Waals surface area contributed by atoms with Gasteiger partial charge in [-0.1, -0.05) is 0 Å². The molecule has 1 saturated heterocycles. The second kappa shape index (κ2) is 12.0. The molecule has 1 aliphatic rings. The van der Waals surface area contributed by atoms with Gasteiger partial charge in [0.1, 0.15) is 12.4 Å². The highest BCUT2D eigenvalue weighted by Gasteiger charge is 2.20. The molecule has 0 spiro atoms. The van der Waals surface area contributed by atoms with Crippen molar-refractivity contribution >= 4 is 17.3 Å². The van der Waals surface area contributed by atoms with Crippen molar-refractivity contribution in [3.05, 3.63) is 34.0 Å². The zero-order chi connectivity index (χ0) is 21.2. The van der Waals surface area contributed by atoms with Crippen molar-refractivity contribution in [2.75, 3.05) is 32.8 Å². The number of aromatic nitrogens is 3. The van der Waals surface area contributed by atoms with Crippen LogP contribution < -0.4 is 10.6 Å². The van der Waals surface area contributed by atoms with Crippen LogP contribution in [0.15, 0.2) is 21.8 Å². The largest absolute Gasteiger partial charge is 0.382 e. The maximum atomic E-state index is 5.44. The molecular formula is C21H35N7OS. The summed E-state index contributed by atoms with van der Waals surface area (Å²) in [6, 6.07) is 2.66. The maximum absolute atomic E-state index is 5.44. The summed E-state index contributed by atoms with van der Waals surface area (Å²) in [6.07, 6.45) is 3.19. The summed E-state index contributed by atoms with van der Waals surface area (Å²) >= 11 is 1.77. The number of ether oxygens (including phenoxy) is 1. The van der Waals surface area contributed by atoms with Crippen LogP contribution >= 0.6 is 11.3 Å². The van der Waals surface area contributed by atoms with Gasteiger partial charge in [-0.15, -0.1) is 10.2 Å². The molecule has 166 valence electrons. The Hall–Kier alpha value is -1.97. The molecule has 0 aromatic carbocycles. The lowest BCUT2D eigenvalue weighted by atomic mass is 10.0. The summed E-state index contributed by atoms with van der Waals surface area (Å²) in [7, 11) is 1.98. The van der Waals surface area contributed by atoms with Gasteiger partial charge in [0, 0.05) is 52.5 Å². The highest BCUT2D eigenvalue weighted by Crippen LogP contribution is 2.15. The lowest BCUT2D eigenvalue weighted by Crippen LogP contribution is -2.48. The Morgan fingerprint density at radius 2 is 2.17 bits per heavy atom. The first-order valence-corrected chi connectivity index (χ1v) is 11.8. The number of thiophene rings is 1. The van der Waals surface area contributed by atoms with Gasteiger partial charge in [0.05, 0.1) is 0 Å². The summed E-state index contributed by atoms with van der Waals surface area (Å²) in [4.78, 5) is 7.31. The summed E-state index contributed by atoms with van der Waals surface area (Å²) in [5.41, 5.74) is 1.42. The summed E-state index contributed by atoms with van der Waals surface area (Å²) in [5, 5.41) is 19.8. The van der Waals surface area contributed by atoms with Gasteiger partial charge in [0.25, 0.3) is 0 Å². The van der Waals surface area contributed by atoms with Gasteiger partial charge in [-0.25, -0.2) is 4.99 Å². The Bertz CT molecular complexity index is 766. The van der Waals surface area contributed by atoms with E-state index in [1.165, 1.54) is 5.56 Å². The molecular weight excluding hydrogens is 398 g/mol. The lowest BCUT2D eigenvalue weighted by Gasteiger charge is -2.33. The van der Waals surface area contributed by atoms with Crippen LogP contribution in [0.4, 0.5) is 0 Å². The number of aryl methyl sites for hydroxylation is 1. The third kappa shape index (κ3) is 7.07. The zero-order valence-corrected chi connectivity index (χ0v) is 19.2. The minimum atomic E-state index is 0.433. The molecule has 3 heterocycles. The maximum Gasteiger partial charge on any atom is 0.191 e. The predicted octanol–water partition coefficient (Wildman–Crippen LogP) is 2.31. The molecule has 0 atom stereocenters. The molecule has 9 heteroatoms. The average molecular weight is 434 g/mol. The van der Waals surface area contributed by atoms with Crippen LogP contribution in [-0.4, -0.2) is 64.5 Å². The van der Waals surface area contributed by atoms with Crippen molar-refractivity contribution in [1.82, 2.24) is 30.3 Å². The van der Waals surface area contributed by atoms with Crippen LogP contribution in [0, 0.1) is 6.92 Å². The Labute approximate surface area is 183 Å². The van der Waals surface area contributed by atoms with Crippen molar-refractivity contribution in [2.45, 2.75) is 52.2 Å². The van der Waals surface area contributed by atoms with Gasteiger partial charge in [-0.2, -0.15) is 11.3 Å². The third-order valence-corrected chi connectivity index (χ3v) is 6.17. The van der Waals surface area contributed by atoms with Gasteiger partial charge in [-0.05, 0) is 55.5 Å². The number of guanidine groups is 1. The fourth-order valence-corrected chi connectivity index (χ4v) is 4.15. The second-order valence-electron chi connectivity index (χ2n) is 7.69. The van der Waals surface area contributed by atoms with Gasteiger partial charge in [0.2, 0.25) is 0 Å². The van der Waals surface area contributed by atoms with Crippen LogP contribution in [0.5, 0.6) is 0 Å². The van der Waals surface area contributed by atoms with Crippen molar-refractivity contribution in [3.8, 4) is 0 Å². The SMILES string of the molecule is CCOCCCNC(=NCc1nnc(C)n1C)NC1CCN(Cc2ccsc2)CC1. The van der Waals surface area contributed by atoms with E-state index in [1.54, 1.807) is 11.3 Å². The summed E-state index contributed by atoms with van der Waals surface area (Å²) < 4.78 is 7.43. The monoisotopic (exact) mass is 433 g/mol. The highest BCUT2D eigenvalue weighted by atomic mass is 32.1. The molecule has 2 aromatic heterocycles. The number of rotatable bonds is 10. The quantitative estimate of drug-likeness (QED) is 0.340.